The number of nitrogens with zero attached hydrogens (tertiary/aromatic N) is 1. The summed E-state index contributed by atoms with van der Waals surface area (Å²) in [5, 5.41) is 3.86. The number of hydrogen-bond donors (Lipinski definition) is 1. The molecular weight excluding hydrogens is 244 g/mol. The summed E-state index contributed by atoms with van der Waals surface area (Å²) in [7, 11) is 0. The van der Waals surface area contributed by atoms with Gasteiger partial charge in [0.2, 0.25) is 0 Å². The minimum Gasteiger partial charge on any atom is -0.312 e. The third kappa shape index (κ3) is 3.98. The van der Waals surface area contributed by atoms with Crippen molar-refractivity contribution in [2.24, 2.45) is 5.41 Å². The maximum atomic E-state index is 3.86. The van der Waals surface area contributed by atoms with Crippen LogP contribution in [0.2, 0.25) is 0 Å². The van der Waals surface area contributed by atoms with Crippen molar-refractivity contribution < 1.29 is 0 Å². The zero-order valence-electron chi connectivity index (χ0n) is 14.3. The van der Waals surface area contributed by atoms with Crippen molar-refractivity contribution in [3.63, 3.8) is 0 Å². The Morgan fingerprint density at radius 2 is 1.95 bits per heavy atom. The van der Waals surface area contributed by atoms with Gasteiger partial charge in [0.25, 0.3) is 0 Å². The van der Waals surface area contributed by atoms with Crippen molar-refractivity contribution in [1.82, 2.24) is 10.2 Å². The molecule has 1 aliphatic heterocycles. The molecule has 1 N–H and O–H groups in total. The summed E-state index contributed by atoms with van der Waals surface area (Å²) in [6, 6.07) is 2.35. The summed E-state index contributed by atoms with van der Waals surface area (Å²) in [4.78, 5) is 2.89. The van der Waals surface area contributed by atoms with Crippen molar-refractivity contribution in [1.29, 1.82) is 0 Å². The topological polar surface area (TPSA) is 15.3 Å². The van der Waals surface area contributed by atoms with Crippen molar-refractivity contribution in [2.75, 3.05) is 13.1 Å². The second-order valence-corrected chi connectivity index (χ2v) is 7.83. The van der Waals surface area contributed by atoms with E-state index in [0.29, 0.717) is 5.41 Å². The molecule has 1 heterocycles. The van der Waals surface area contributed by atoms with Crippen LogP contribution in [0.3, 0.4) is 0 Å². The largest absolute Gasteiger partial charge is 0.312 e. The molecule has 0 aromatic carbocycles. The van der Waals surface area contributed by atoms with Crippen molar-refractivity contribution in [3.05, 3.63) is 0 Å². The molecule has 20 heavy (non-hydrogen) atoms. The summed E-state index contributed by atoms with van der Waals surface area (Å²) in [5.41, 5.74) is 0.533. The van der Waals surface area contributed by atoms with Gasteiger partial charge in [-0.3, -0.25) is 4.90 Å². The molecule has 2 nitrogen and oxygen atoms in total. The van der Waals surface area contributed by atoms with E-state index in [-0.39, 0.29) is 0 Å². The van der Waals surface area contributed by atoms with Gasteiger partial charge in [-0.05, 0) is 63.5 Å². The summed E-state index contributed by atoms with van der Waals surface area (Å²) < 4.78 is 0. The normalized spacial score (nSPS) is 35.1. The molecule has 0 amide bonds. The van der Waals surface area contributed by atoms with Crippen LogP contribution in [0, 0.1) is 5.41 Å². The fourth-order valence-corrected chi connectivity index (χ4v) is 4.36. The zero-order chi connectivity index (χ0) is 14.6. The Morgan fingerprint density at radius 3 is 2.65 bits per heavy atom. The van der Waals surface area contributed by atoms with Gasteiger partial charge in [-0.2, -0.15) is 0 Å². The van der Waals surface area contributed by atoms with E-state index in [9.17, 15) is 0 Å². The number of rotatable bonds is 5. The first-order valence-electron chi connectivity index (χ1n) is 9.06. The molecule has 0 spiro atoms. The van der Waals surface area contributed by atoms with E-state index in [1.54, 1.807) is 0 Å². The number of piperidine rings is 1. The van der Waals surface area contributed by atoms with Crippen LogP contribution in [0.1, 0.15) is 79.1 Å². The molecule has 2 aliphatic rings. The van der Waals surface area contributed by atoms with Gasteiger partial charge in [0.05, 0.1) is 0 Å². The second-order valence-electron chi connectivity index (χ2n) is 7.83. The van der Waals surface area contributed by atoms with Crippen LogP contribution in [0.15, 0.2) is 0 Å². The molecule has 0 aromatic heterocycles. The van der Waals surface area contributed by atoms with Gasteiger partial charge in [0, 0.05) is 18.1 Å². The molecule has 1 aliphatic carbocycles. The molecule has 3 atom stereocenters. The Hall–Kier alpha value is -0.0800. The Morgan fingerprint density at radius 1 is 1.15 bits per heavy atom. The molecule has 0 radical (unpaired) electrons. The van der Waals surface area contributed by atoms with E-state index in [1.165, 1.54) is 64.5 Å². The van der Waals surface area contributed by atoms with E-state index in [2.05, 4.69) is 37.9 Å². The standard InChI is InChI=1S/C18H36N2/c1-5-12-19-16-10-11-18(3,4)14-17(16)20-13-8-7-9-15(20)6-2/h15-17,19H,5-14H2,1-4H3. The SMILES string of the molecule is CCCNC1CCC(C)(C)CC1N1CCCCC1CC. The highest BCUT2D eigenvalue weighted by molar-refractivity contribution is 4.97. The number of nitrogens with one attached hydrogen (secondary N) is 1. The maximum Gasteiger partial charge on any atom is 0.0257 e. The summed E-state index contributed by atoms with van der Waals surface area (Å²) in [5.74, 6) is 0. The van der Waals surface area contributed by atoms with Crippen molar-refractivity contribution >= 4 is 0 Å². The Labute approximate surface area is 126 Å². The molecule has 1 saturated heterocycles. The Kier molecular flexibility index (Phi) is 5.92. The highest BCUT2D eigenvalue weighted by atomic mass is 15.2. The van der Waals surface area contributed by atoms with Crippen LogP contribution in [0.5, 0.6) is 0 Å². The van der Waals surface area contributed by atoms with E-state index >= 15 is 0 Å². The van der Waals surface area contributed by atoms with Gasteiger partial charge in [0.1, 0.15) is 0 Å². The van der Waals surface area contributed by atoms with Crippen LogP contribution < -0.4 is 5.32 Å². The lowest BCUT2D eigenvalue weighted by Crippen LogP contribution is -2.58. The highest BCUT2D eigenvalue weighted by Crippen LogP contribution is 2.39. The molecular formula is C18H36N2. The molecule has 3 unspecified atom stereocenters. The van der Waals surface area contributed by atoms with Crippen LogP contribution in [-0.4, -0.2) is 36.1 Å². The monoisotopic (exact) mass is 280 g/mol. The molecule has 1 saturated carbocycles. The first kappa shape index (κ1) is 16.3. The molecule has 2 heteroatoms. The average molecular weight is 280 g/mol. The molecule has 118 valence electrons. The minimum atomic E-state index is 0.533. The van der Waals surface area contributed by atoms with Gasteiger partial charge in [-0.15, -0.1) is 0 Å². The van der Waals surface area contributed by atoms with Crippen LogP contribution >= 0.6 is 0 Å². The number of likely N-dealkylation sites (tertiary alicyclic amines) is 1. The first-order chi connectivity index (χ1) is 9.57. The van der Waals surface area contributed by atoms with Gasteiger partial charge < -0.3 is 5.32 Å². The summed E-state index contributed by atoms with van der Waals surface area (Å²) in [6.45, 7) is 12.1. The predicted octanol–water partition coefficient (Wildman–Crippen LogP) is 4.20. The molecule has 2 rings (SSSR count). The zero-order valence-corrected chi connectivity index (χ0v) is 14.3. The van der Waals surface area contributed by atoms with Crippen LogP contribution in [-0.2, 0) is 0 Å². The van der Waals surface area contributed by atoms with E-state index in [0.717, 1.165) is 18.1 Å². The van der Waals surface area contributed by atoms with Gasteiger partial charge in [-0.1, -0.05) is 34.1 Å². The fraction of sp³-hybridized carbons (Fsp3) is 1.00. The smallest absolute Gasteiger partial charge is 0.0257 e. The second kappa shape index (κ2) is 7.26. The molecule has 2 fully saturated rings. The highest BCUT2D eigenvalue weighted by Gasteiger charge is 2.40. The lowest BCUT2D eigenvalue weighted by atomic mass is 9.71. The third-order valence-corrected chi connectivity index (χ3v) is 5.58. The van der Waals surface area contributed by atoms with E-state index in [1.807, 2.05) is 0 Å². The Balaban J connectivity index is 2.08. The fourth-order valence-electron chi connectivity index (χ4n) is 4.36. The molecule has 0 bridgehead atoms. The van der Waals surface area contributed by atoms with Crippen molar-refractivity contribution in [2.45, 2.75) is 97.2 Å². The van der Waals surface area contributed by atoms with E-state index in [4.69, 9.17) is 0 Å². The average Bonchev–Trinajstić information content (AvgIpc) is 2.45. The maximum absolute atomic E-state index is 3.86. The Bertz CT molecular complexity index is 287. The summed E-state index contributed by atoms with van der Waals surface area (Å²) >= 11 is 0. The van der Waals surface area contributed by atoms with Crippen LogP contribution in [0.4, 0.5) is 0 Å². The van der Waals surface area contributed by atoms with Crippen molar-refractivity contribution in [3.8, 4) is 0 Å². The molecule has 0 aromatic rings. The lowest BCUT2D eigenvalue weighted by molar-refractivity contribution is 0.0163. The van der Waals surface area contributed by atoms with E-state index < -0.39 is 0 Å². The lowest BCUT2D eigenvalue weighted by Gasteiger charge is -2.50. The van der Waals surface area contributed by atoms with Crippen LogP contribution in [0.25, 0.3) is 0 Å². The minimum absolute atomic E-state index is 0.533. The first-order valence-corrected chi connectivity index (χ1v) is 9.06. The van der Waals surface area contributed by atoms with Gasteiger partial charge >= 0.3 is 0 Å². The van der Waals surface area contributed by atoms with Gasteiger partial charge in [0.15, 0.2) is 0 Å². The van der Waals surface area contributed by atoms with Gasteiger partial charge in [-0.25, -0.2) is 0 Å². The predicted molar refractivity (Wildman–Crippen MR) is 88.1 cm³/mol. The number of hydrogen-bond acceptors (Lipinski definition) is 2. The quantitative estimate of drug-likeness (QED) is 0.812. The summed E-state index contributed by atoms with van der Waals surface area (Å²) in [6.07, 6.45) is 11.0. The third-order valence-electron chi connectivity index (χ3n) is 5.58.